The van der Waals surface area contributed by atoms with Gasteiger partial charge < -0.3 is 15.2 Å². The molecule has 19 heavy (non-hydrogen) atoms. The Morgan fingerprint density at radius 1 is 1.32 bits per heavy atom. The second-order valence-corrected chi connectivity index (χ2v) is 5.73. The molecule has 0 saturated heterocycles. The van der Waals surface area contributed by atoms with Crippen molar-refractivity contribution in [2.24, 2.45) is 0 Å². The van der Waals surface area contributed by atoms with Crippen LogP contribution in [0.1, 0.15) is 37.7 Å². The minimum Gasteiger partial charge on any atom is -0.490 e. The number of ether oxygens (including phenoxy) is 1. The maximum absolute atomic E-state index is 10.4. The first-order chi connectivity index (χ1) is 9.14. The summed E-state index contributed by atoms with van der Waals surface area (Å²) in [5, 5.41) is 14.2. The largest absolute Gasteiger partial charge is 0.490 e. The van der Waals surface area contributed by atoms with E-state index in [1.807, 2.05) is 25.2 Å². The van der Waals surface area contributed by atoms with Crippen molar-refractivity contribution in [3.8, 4) is 5.75 Å². The van der Waals surface area contributed by atoms with Crippen molar-refractivity contribution >= 4 is 11.6 Å². The summed E-state index contributed by atoms with van der Waals surface area (Å²) < 4.78 is 5.84. The summed E-state index contributed by atoms with van der Waals surface area (Å²) in [5.41, 5.74) is 0.281. The molecule has 0 aliphatic heterocycles. The Balaban J connectivity index is 2.04. The smallest absolute Gasteiger partial charge is 0.125 e. The van der Waals surface area contributed by atoms with Crippen molar-refractivity contribution in [2.75, 3.05) is 13.7 Å². The van der Waals surface area contributed by atoms with Crippen LogP contribution in [-0.4, -0.2) is 24.4 Å². The van der Waals surface area contributed by atoms with Crippen LogP contribution in [0.4, 0.5) is 0 Å². The molecule has 1 aliphatic carbocycles. The number of halogens is 1. The van der Waals surface area contributed by atoms with Gasteiger partial charge in [0.25, 0.3) is 0 Å². The number of aliphatic hydroxyl groups is 1. The molecule has 0 bridgehead atoms. The standard InChI is InChI=1S/C15H22ClNO2/c1-17-10-12-13(16)6-5-7-14(12)19-11-15(18)8-3-2-4-9-15/h5-7,17-18H,2-4,8-11H2,1H3. The van der Waals surface area contributed by atoms with E-state index in [-0.39, 0.29) is 0 Å². The van der Waals surface area contributed by atoms with E-state index in [9.17, 15) is 5.11 Å². The van der Waals surface area contributed by atoms with Crippen LogP contribution in [0, 0.1) is 0 Å². The highest BCUT2D eigenvalue weighted by atomic mass is 35.5. The van der Waals surface area contributed by atoms with Crippen molar-refractivity contribution in [2.45, 2.75) is 44.2 Å². The Labute approximate surface area is 119 Å². The third-order valence-corrected chi connectivity index (χ3v) is 4.06. The zero-order valence-electron chi connectivity index (χ0n) is 11.4. The maximum Gasteiger partial charge on any atom is 0.125 e. The molecule has 1 saturated carbocycles. The highest BCUT2D eigenvalue weighted by molar-refractivity contribution is 6.31. The average Bonchev–Trinajstić information content (AvgIpc) is 2.41. The van der Waals surface area contributed by atoms with E-state index in [2.05, 4.69) is 5.32 Å². The molecule has 1 fully saturated rings. The lowest BCUT2D eigenvalue weighted by Gasteiger charge is -2.32. The second-order valence-electron chi connectivity index (χ2n) is 5.32. The van der Waals surface area contributed by atoms with Gasteiger partial charge in [0.1, 0.15) is 12.4 Å². The van der Waals surface area contributed by atoms with Gasteiger partial charge in [-0.05, 0) is 32.0 Å². The Bertz CT molecular complexity index is 417. The number of nitrogens with one attached hydrogen (secondary N) is 1. The van der Waals surface area contributed by atoms with Gasteiger partial charge in [0, 0.05) is 17.1 Å². The molecule has 0 unspecified atom stereocenters. The molecule has 2 N–H and O–H groups in total. The molecule has 4 heteroatoms. The number of benzene rings is 1. The molecule has 0 aromatic heterocycles. The highest BCUT2D eigenvalue weighted by Crippen LogP contribution is 2.31. The Hall–Kier alpha value is -0.770. The molecule has 106 valence electrons. The van der Waals surface area contributed by atoms with Crippen LogP contribution in [0.15, 0.2) is 18.2 Å². The molecule has 0 spiro atoms. The molecule has 0 atom stereocenters. The molecule has 0 radical (unpaired) electrons. The predicted octanol–water partition coefficient (Wildman–Crippen LogP) is 3.13. The summed E-state index contributed by atoms with van der Waals surface area (Å²) in [6, 6.07) is 5.64. The second kappa shape index (κ2) is 6.60. The van der Waals surface area contributed by atoms with Crippen molar-refractivity contribution in [3.05, 3.63) is 28.8 Å². The van der Waals surface area contributed by atoms with Gasteiger partial charge in [0.05, 0.1) is 5.60 Å². The molecule has 0 amide bonds. The van der Waals surface area contributed by atoms with Crippen molar-refractivity contribution < 1.29 is 9.84 Å². The van der Waals surface area contributed by atoms with Gasteiger partial charge in [0.2, 0.25) is 0 Å². The van der Waals surface area contributed by atoms with E-state index in [1.54, 1.807) is 0 Å². The number of rotatable bonds is 5. The van der Waals surface area contributed by atoms with Gasteiger partial charge in [0.15, 0.2) is 0 Å². The van der Waals surface area contributed by atoms with Gasteiger partial charge in [-0.1, -0.05) is 36.9 Å². The summed E-state index contributed by atoms with van der Waals surface area (Å²) in [7, 11) is 1.88. The van der Waals surface area contributed by atoms with E-state index in [0.717, 1.165) is 37.0 Å². The topological polar surface area (TPSA) is 41.5 Å². The fourth-order valence-corrected chi connectivity index (χ4v) is 2.82. The van der Waals surface area contributed by atoms with Crippen molar-refractivity contribution in [3.63, 3.8) is 0 Å². The van der Waals surface area contributed by atoms with Crippen LogP contribution in [0.5, 0.6) is 5.75 Å². The summed E-state index contributed by atoms with van der Waals surface area (Å²) in [6.07, 6.45) is 5.03. The lowest BCUT2D eigenvalue weighted by molar-refractivity contribution is -0.0341. The Kier molecular flexibility index (Phi) is 5.08. The minimum atomic E-state index is -0.669. The average molecular weight is 284 g/mol. The molecule has 1 aliphatic rings. The summed E-state index contributed by atoms with van der Waals surface area (Å²) >= 11 is 6.18. The predicted molar refractivity (Wildman–Crippen MR) is 77.7 cm³/mol. The first-order valence-corrected chi connectivity index (χ1v) is 7.30. The van der Waals surface area contributed by atoms with Crippen LogP contribution in [0.25, 0.3) is 0 Å². The van der Waals surface area contributed by atoms with E-state index in [1.165, 1.54) is 6.42 Å². The van der Waals surface area contributed by atoms with E-state index in [0.29, 0.717) is 18.2 Å². The molecule has 2 rings (SSSR count). The van der Waals surface area contributed by atoms with Crippen LogP contribution in [0.3, 0.4) is 0 Å². The molecule has 1 aromatic carbocycles. The number of hydrogen-bond acceptors (Lipinski definition) is 3. The summed E-state index contributed by atoms with van der Waals surface area (Å²) in [4.78, 5) is 0. The summed E-state index contributed by atoms with van der Waals surface area (Å²) in [5.74, 6) is 0.765. The molecule has 1 aromatic rings. The lowest BCUT2D eigenvalue weighted by Crippen LogP contribution is -2.38. The van der Waals surface area contributed by atoms with Gasteiger partial charge in [-0.3, -0.25) is 0 Å². The van der Waals surface area contributed by atoms with Gasteiger partial charge in [-0.2, -0.15) is 0 Å². The fraction of sp³-hybridized carbons (Fsp3) is 0.600. The van der Waals surface area contributed by atoms with E-state index >= 15 is 0 Å². The van der Waals surface area contributed by atoms with Gasteiger partial charge in [-0.25, -0.2) is 0 Å². The minimum absolute atomic E-state index is 0.351. The summed E-state index contributed by atoms with van der Waals surface area (Å²) in [6.45, 7) is 1.01. The zero-order valence-corrected chi connectivity index (χ0v) is 12.2. The molecular weight excluding hydrogens is 262 g/mol. The van der Waals surface area contributed by atoms with Crippen LogP contribution < -0.4 is 10.1 Å². The van der Waals surface area contributed by atoms with E-state index < -0.39 is 5.60 Å². The van der Waals surface area contributed by atoms with Crippen LogP contribution >= 0.6 is 11.6 Å². The van der Waals surface area contributed by atoms with Crippen LogP contribution in [0.2, 0.25) is 5.02 Å². The first-order valence-electron chi connectivity index (χ1n) is 6.92. The SMILES string of the molecule is CNCc1c(Cl)cccc1OCC1(O)CCCCC1. The quantitative estimate of drug-likeness (QED) is 0.872. The zero-order chi connectivity index (χ0) is 13.7. The van der Waals surface area contributed by atoms with Gasteiger partial charge >= 0.3 is 0 Å². The highest BCUT2D eigenvalue weighted by Gasteiger charge is 2.30. The fourth-order valence-electron chi connectivity index (χ4n) is 2.59. The maximum atomic E-state index is 10.4. The normalized spacial score (nSPS) is 18.3. The monoisotopic (exact) mass is 283 g/mol. The van der Waals surface area contributed by atoms with Crippen molar-refractivity contribution in [1.29, 1.82) is 0 Å². The molecular formula is C15H22ClNO2. The molecule has 3 nitrogen and oxygen atoms in total. The Morgan fingerprint density at radius 2 is 2.05 bits per heavy atom. The van der Waals surface area contributed by atoms with Crippen LogP contribution in [-0.2, 0) is 6.54 Å². The van der Waals surface area contributed by atoms with Gasteiger partial charge in [-0.15, -0.1) is 0 Å². The molecule has 0 heterocycles. The third-order valence-electron chi connectivity index (χ3n) is 3.71. The lowest BCUT2D eigenvalue weighted by atomic mass is 9.85. The van der Waals surface area contributed by atoms with Crippen molar-refractivity contribution in [1.82, 2.24) is 5.32 Å². The number of hydrogen-bond donors (Lipinski definition) is 2. The Morgan fingerprint density at radius 3 is 2.74 bits per heavy atom. The first kappa shape index (κ1) is 14.6. The van der Waals surface area contributed by atoms with E-state index in [4.69, 9.17) is 16.3 Å². The third kappa shape index (κ3) is 3.85.